The second kappa shape index (κ2) is 2.19. The van der Waals surface area contributed by atoms with Gasteiger partial charge in [-0.25, -0.2) is 4.98 Å². The van der Waals surface area contributed by atoms with Gasteiger partial charge in [-0.3, -0.25) is 0 Å². The Morgan fingerprint density at radius 3 is 2.20 bits per heavy atom. The molecule has 1 rings (SSSR count). The third-order valence-corrected chi connectivity index (χ3v) is 1.40. The zero-order valence-corrected chi connectivity index (χ0v) is 5.26. The standard InChI is InChI=1S/C4HF4NS/c5-3-2(4(6,7)8)9-1-10-3/h1H. The normalized spacial score (nSPS) is 12.0. The number of alkyl halides is 3. The molecule has 0 amide bonds. The Morgan fingerprint density at radius 2 is 2.00 bits per heavy atom. The molecule has 1 aromatic heterocycles. The summed E-state index contributed by atoms with van der Waals surface area (Å²) in [7, 11) is 0. The van der Waals surface area contributed by atoms with Gasteiger partial charge in [-0.1, -0.05) is 11.3 Å². The summed E-state index contributed by atoms with van der Waals surface area (Å²) < 4.78 is 46.8. The molecule has 0 unspecified atom stereocenters. The van der Waals surface area contributed by atoms with E-state index in [4.69, 9.17) is 0 Å². The van der Waals surface area contributed by atoms with E-state index in [0.717, 1.165) is 5.51 Å². The Kier molecular flexibility index (Phi) is 1.63. The molecule has 0 radical (unpaired) electrons. The van der Waals surface area contributed by atoms with Crippen molar-refractivity contribution in [2.45, 2.75) is 6.18 Å². The van der Waals surface area contributed by atoms with Crippen LogP contribution in [0.1, 0.15) is 5.69 Å². The van der Waals surface area contributed by atoms with Crippen LogP contribution >= 0.6 is 11.3 Å². The first-order chi connectivity index (χ1) is 4.52. The quantitative estimate of drug-likeness (QED) is 0.546. The van der Waals surface area contributed by atoms with Crippen LogP contribution in [-0.2, 0) is 6.18 Å². The molecule has 0 bridgehead atoms. The first kappa shape index (κ1) is 7.46. The van der Waals surface area contributed by atoms with Gasteiger partial charge in [-0.15, -0.1) is 0 Å². The number of hydrogen-bond donors (Lipinski definition) is 0. The molecule has 0 saturated heterocycles. The fourth-order valence-electron chi connectivity index (χ4n) is 0.417. The molecule has 0 saturated carbocycles. The smallest absolute Gasteiger partial charge is 0.237 e. The van der Waals surface area contributed by atoms with Crippen molar-refractivity contribution in [3.8, 4) is 0 Å². The number of aromatic nitrogens is 1. The lowest BCUT2D eigenvalue weighted by Crippen LogP contribution is -2.06. The lowest BCUT2D eigenvalue weighted by atomic mass is 10.5. The molecule has 6 heteroatoms. The highest BCUT2D eigenvalue weighted by Gasteiger charge is 2.36. The van der Waals surface area contributed by atoms with E-state index >= 15 is 0 Å². The first-order valence-corrected chi connectivity index (χ1v) is 3.06. The molecule has 0 spiro atoms. The minimum absolute atomic E-state index is 0.333. The van der Waals surface area contributed by atoms with Crippen molar-refractivity contribution in [1.82, 2.24) is 4.98 Å². The fraction of sp³-hybridized carbons (Fsp3) is 0.250. The Hall–Kier alpha value is -0.650. The van der Waals surface area contributed by atoms with Gasteiger partial charge in [0.25, 0.3) is 0 Å². The number of hydrogen-bond acceptors (Lipinski definition) is 2. The summed E-state index contributed by atoms with van der Waals surface area (Å²) in [5.74, 6) is 0. The summed E-state index contributed by atoms with van der Waals surface area (Å²) in [6.45, 7) is 0. The zero-order valence-electron chi connectivity index (χ0n) is 4.44. The van der Waals surface area contributed by atoms with E-state index < -0.39 is 17.0 Å². The van der Waals surface area contributed by atoms with Crippen molar-refractivity contribution < 1.29 is 17.6 Å². The van der Waals surface area contributed by atoms with Gasteiger partial charge in [-0.2, -0.15) is 17.6 Å². The van der Waals surface area contributed by atoms with Gasteiger partial charge in [-0.05, 0) is 0 Å². The third kappa shape index (κ3) is 1.26. The molecule has 0 aliphatic rings. The van der Waals surface area contributed by atoms with E-state index in [1.54, 1.807) is 0 Å². The van der Waals surface area contributed by atoms with Crippen LogP contribution in [0.25, 0.3) is 0 Å². The van der Waals surface area contributed by atoms with E-state index in [1.807, 2.05) is 0 Å². The Balaban J connectivity index is 3.05. The molecule has 0 aliphatic carbocycles. The van der Waals surface area contributed by atoms with Crippen LogP contribution in [-0.4, -0.2) is 4.98 Å². The maximum atomic E-state index is 12.1. The summed E-state index contributed by atoms with van der Waals surface area (Å²) in [4.78, 5) is 2.81. The summed E-state index contributed by atoms with van der Waals surface area (Å²) in [5.41, 5.74) is -0.615. The average molecular weight is 171 g/mol. The van der Waals surface area contributed by atoms with Crippen molar-refractivity contribution in [2.75, 3.05) is 0 Å². The number of halogens is 4. The Labute approximate surface area is 57.3 Å². The Bertz CT molecular complexity index is 227. The number of rotatable bonds is 0. The van der Waals surface area contributed by atoms with E-state index in [0.29, 0.717) is 11.3 Å². The highest BCUT2D eigenvalue weighted by Crippen LogP contribution is 2.31. The van der Waals surface area contributed by atoms with E-state index in [2.05, 4.69) is 4.98 Å². The monoisotopic (exact) mass is 171 g/mol. The topological polar surface area (TPSA) is 12.9 Å². The second-order valence-corrected chi connectivity index (χ2v) is 2.28. The minimum atomic E-state index is -4.66. The van der Waals surface area contributed by atoms with Crippen LogP contribution in [0, 0.1) is 5.13 Å². The maximum Gasteiger partial charge on any atom is 0.437 e. The van der Waals surface area contributed by atoms with Gasteiger partial charge in [0.2, 0.25) is 5.13 Å². The van der Waals surface area contributed by atoms with Crippen LogP contribution < -0.4 is 0 Å². The summed E-state index contributed by atoms with van der Waals surface area (Å²) >= 11 is 0.333. The van der Waals surface area contributed by atoms with Crippen molar-refractivity contribution >= 4 is 11.3 Å². The molecule has 1 aromatic rings. The maximum absolute atomic E-state index is 12.1. The van der Waals surface area contributed by atoms with Crippen LogP contribution in [0.2, 0.25) is 0 Å². The van der Waals surface area contributed by atoms with Crippen LogP contribution in [0.15, 0.2) is 5.51 Å². The van der Waals surface area contributed by atoms with Gasteiger partial charge < -0.3 is 0 Å². The van der Waals surface area contributed by atoms with Gasteiger partial charge in [0.05, 0.1) is 5.51 Å². The summed E-state index contributed by atoms with van der Waals surface area (Å²) in [6, 6.07) is 0. The average Bonchev–Trinajstić information content (AvgIpc) is 2.11. The number of thiazole rings is 1. The van der Waals surface area contributed by atoms with Crippen LogP contribution in [0.4, 0.5) is 17.6 Å². The molecule has 10 heavy (non-hydrogen) atoms. The SMILES string of the molecule is Fc1scnc1C(F)(F)F. The molecule has 56 valence electrons. The van der Waals surface area contributed by atoms with Crippen LogP contribution in [0.3, 0.4) is 0 Å². The second-order valence-electron chi connectivity index (χ2n) is 1.47. The van der Waals surface area contributed by atoms with E-state index in [9.17, 15) is 17.6 Å². The van der Waals surface area contributed by atoms with Gasteiger partial charge >= 0.3 is 6.18 Å². The highest BCUT2D eigenvalue weighted by atomic mass is 32.1. The van der Waals surface area contributed by atoms with Gasteiger partial charge in [0.15, 0.2) is 5.69 Å². The molecule has 0 N–H and O–H groups in total. The molecule has 0 fully saturated rings. The van der Waals surface area contributed by atoms with Crippen molar-refractivity contribution in [1.29, 1.82) is 0 Å². The van der Waals surface area contributed by atoms with Crippen molar-refractivity contribution in [3.63, 3.8) is 0 Å². The predicted molar refractivity (Wildman–Crippen MR) is 27.1 cm³/mol. The summed E-state index contributed by atoms with van der Waals surface area (Å²) in [5, 5.41) is -1.28. The molecular formula is C4HF4NS. The molecule has 0 aromatic carbocycles. The first-order valence-electron chi connectivity index (χ1n) is 2.18. The van der Waals surface area contributed by atoms with E-state index in [1.165, 1.54) is 0 Å². The van der Waals surface area contributed by atoms with Gasteiger partial charge in [0, 0.05) is 0 Å². The van der Waals surface area contributed by atoms with Gasteiger partial charge in [0.1, 0.15) is 0 Å². The molecule has 1 nitrogen and oxygen atoms in total. The van der Waals surface area contributed by atoms with E-state index in [-0.39, 0.29) is 0 Å². The molecule has 1 heterocycles. The number of nitrogens with zero attached hydrogens (tertiary/aromatic N) is 1. The molecule has 0 atom stereocenters. The molecule has 0 aliphatic heterocycles. The fourth-order valence-corrected chi connectivity index (χ4v) is 0.947. The lowest BCUT2D eigenvalue weighted by molar-refractivity contribution is -0.143. The largest absolute Gasteiger partial charge is 0.437 e. The van der Waals surface area contributed by atoms with Crippen molar-refractivity contribution in [2.24, 2.45) is 0 Å². The third-order valence-electron chi connectivity index (χ3n) is 0.793. The zero-order chi connectivity index (χ0) is 7.78. The molecular weight excluding hydrogens is 170 g/mol. The lowest BCUT2D eigenvalue weighted by Gasteiger charge is -1.99. The Morgan fingerprint density at radius 1 is 1.40 bits per heavy atom. The minimum Gasteiger partial charge on any atom is -0.237 e. The predicted octanol–water partition coefficient (Wildman–Crippen LogP) is 2.30. The summed E-state index contributed by atoms with van der Waals surface area (Å²) in [6.07, 6.45) is -4.66. The van der Waals surface area contributed by atoms with Crippen molar-refractivity contribution in [3.05, 3.63) is 16.3 Å². The highest BCUT2D eigenvalue weighted by molar-refractivity contribution is 7.08. The van der Waals surface area contributed by atoms with Crippen LogP contribution in [0.5, 0.6) is 0 Å².